The van der Waals surface area contributed by atoms with Gasteiger partial charge < -0.3 is 14.5 Å². The summed E-state index contributed by atoms with van der Waals surface area (Å²) in [6, 6.07) is 10.3. The van der Waals surface area contributed by atoms with E-state index in [2.05, 4.69) is 25.3 Å². The molecule has 3 aromatic rings. The van der Waals surface area contributed by atoms with Gasteiger partial charge in [0.05, 0.1) is 7.11 Å². The summed E-state index contributed by atoms with van der Waals surface area (Å²) in [6.07, 6.45) is 0. The van der Waals surface area contributed by atoms with Crippen LogP contribution in [0.5, 0.6) is 0 Å². The molecule has 3 rings (SSSR count). The highest BCUT2D eigenvalue weighted by molar-refractivity contribution is 6.05. The number of furan rings is 1. The van der Waals surface area contributed by atoms with Gasteiger partial charge in [0.1, 0.15) is 23.0 Å². The summed E-state index contributed by atoms with van der Waals surface area (Å²) in [5, 5.41) is 15.0. The van der Waals surface area contributed by atoms with Gasteiger partial charge in [0.2, 0.25) is 11.8 Å². The number of aromatic nitrogens is 2. The van der Waals surface area contributed by atoms with Crippen molar-refractivity contribution in [2.75, 3.05) is 17.7 Å². The van der Waals surface area contributed by atoms with Gasteiger partial charge in [-0.25, -0.2) is 14.8 Å². The number of rotatable bonds is 5. The summed E-state index contributed by atoms with van der Waals surface area (Å²) in [6.45, 7) is 5.27. The smallest absolute Gasteiger partial charge is 0.342 e. The molecule has 0 aliphatic carbocycles. The number of aryl methyl sites for hydroxylation is 3. The van der Waals surface area contributed by atoms with E-state index in [1.54, 1.807) is 24.3 Å². The molecule has 0 fully saturated rings. The van der Waals surface area contributed by atoms with Gasteiger partial charge in [-0.3, -0.25) is 10.1 Å². The van der Waals surface area contributed by atoms with E-state index in [-0.39, 0.29) is 22.8 Å². The molecule has 0 aliphatic heterocycles. The average molecular weight is 405 g/mol. The second-order valence-electron chi connectivity index (χ2n) is 6.47. The van der Waals surface area contributed by atoms with Crippen LogP contribution in [0.25, 0.3) is 0 Å². The van der Waals surface area contributed by atoms with Crippen LogP contribution >= 0.6 is 0 Å². The molecule has 0 spiro atoms. The lowest BCUT2D eigenvalue weighted by Gasteiger charge is -2.08. The van der Waals surface area contributed by atoms with Crippen molar-refractivity contribution in [1.29, 1.82) is 5.26 Å². The van der Waals surface area contributed by atoms with Crippen molar-refractivity contribution in [1.82, 2.24) is 9.97 Å². The largest absolute Gasteiger partial charge is 0.465 e. The predicted molar refractivity (Wildman–Crippen MR) is 109 cm³/mol. The molecule has 0 aliphatic rings. The topological polar surface area (TPSA) is 130 Å². The average Bonchev–Trinajstić information content (AvgIpc) is 3.01. The number of carbonyl (C=O) groups excluding carboxylic acids is 2. The first-order valence-electron chi connectivity index (χ1n) is 8.95. The fraction of sp³-hybridized carbons (Fsp3) is 0.190. The number of anilines is 3. The second-order valence-corrected chi connectivity index (χ2v) is 6.47. The second kappa shape index (κ2) is 8.45. The maximum atomic E-state index is 12.6. The molecule has 2 aromatic heterocycles. The Bertz CT molecular complexity index is 1140. The van der Waals surface area contributed by atoms with E-state index in [0.717, 1.165) is 11.4 Å². The molecular formula is C21H19N5O4. The predicted octanol–water partition coefficient (Wildman–Crippen LogP) is 3.65. The Labute approximate surface area is 172 Å². The fourth-order valence-corrected chi connectivity index (χ4v) is 2.88. The first-order chi connectivity index (χ1) is 14.3. The zero-order valence-electron chi connectivity index (χ0n) is 16.9. The van der Waals surface area contributed by atoms with Gasteiger partial charge in [0, 0.05) is 22.6 Å². The molecule has 2 heterocycles. The molecule has 152 valence electrons. The zero-order chi connectivity index (χ0) is 21.8. The first-order valence-corrected chi connectivity index (χ1v) is 8.95. The van der Waals surface area contributed by atoms with Crippen molar-refractivity contribution in [3.63, 3.8) is 0 Å². The number of methoxy groups -OCH3 is 1. The normalized spacial score (nSPS) is 10.2. The maximum Gasteiger partial charge on any atom is 0.342 e. The molecule has 9 nitrogen and oxygen atoms in total. The van der Waals surface area contributed by atoms with Gasteiger partial charge in [0.25, 0.3) is 5.91 Å². The third kappa shape index (κ3) is 4.28. The number of nitrogens with one attached hydrogen (secondary N) is 2. The van der Waals surface area contributed by atoms with Gasteiger partial charge in [-0.1, -0.05) is 0 Å². The van der Waals surface area contributed by atoms with Gasteiger partial charge in [-0.15, -0.1) is 0 Å². The van der Waals surface area contributed by atoms with Crippen LogP contribution in [-0.4, -0.2) is 29.0 Å². The summed E-state index contributed by atoms with van der Waals surface area (Å²) < 4.78 is 10.1. The van der Waals surface area contributed by atoms with E-state index in [9.17, 15) is 14.9 Å². The van der Waals surface area contributed by atoms with Crippen LogP contribution in [0.4, 0.5) is 17.5 Å². The first kappa shape index (κ1) is 20.5. The lowest BCUT2D eigenvalue weighted by molar-refractivity contribution is 0.0598. The SMILES string of the molecule is COC(=O)c1c(C)oc(NC(=O)c2ccc(Nc3nc(C)cc(C)n3)cc2)c1C#N. The number of hydrogen-bond acceptors (Lipinski definition) is 8. The van der Waals surface area contributed by atoms with Crippen LogP contribution < -0.4 is 10.6 Å². The number of ether oxygens (including phenoxy) is 1. The molecular weight excluding hydrogens is 386 g/mol. The molecule has 0 bridgehead atoms. The van der Waals surface area contributed by atoms with Crippen molar-refractivity contribution in [3.8, 4) is 6.07 Å². The number of esters is 1. The molecule has 1 amide bonds. The van der Waals surface area contributed by atoms with E-state index >= 15 is 0 Å². The molecule has 30 heavy (non-hydrogen) atoms. The van der Waals surface area contributed by atoms with E-state index in [1.165, 1.54) is 14.0 Å². The van der Waals surface area contributed by atoms with E-state index in [0.29, 0.717) is 17.2 Å². The summed E-state index contributed by atoms with van der Waals surface area (Å²) >= 11 is 0. The summed E-state index contributed by atoms with van der Waals surface area (Å²) in [7, 11) is 1.20. The van der Waals surface area contributed by atoms with Crippen molar-refractivity contribution in [2.45, 2.75) is 20.8 Å². The molecule has 0 atom stereocenters. The molecule has 0 radical (unpaired) electrons. The fourth-order valence-electron chi connectivity index (χ4n) is 2.88. The third-order valence-electron chi connectivity index (χ3n) is 4.20. The molecule has 2 N–H and O–H groups in total. The molecule has 1 aromatic carbocycles. The summed E-state index contributed by atoms with van der Waals surface area (Å²) in [5.74, 6) is -0.666. The van der Waals surface area contributed by atoms with Crippen LogP contribution in [0, 0.1) is 32.1 Å². The minimum atomic E-state index is -0.711. The number of nitriles is 1. The highest BCUT2D eigenvalue weighted by Gasteiger charge is 2.25. The Morgan fingerprint density at radius 1 is 1.10 bits per heavy atom. The Hall–Kier alpha value is -4.19. The minimum Gasteiger partial charge on any atom is -0.465 e. The molecule has 9 heteroatoms. The van der Waals surface area contributed by atoms with Crippen LogP contribution in [0.2, 0.25) is 0 Å². The number of amides is 1. The van der Waals surface area contributed by atoms with Gasteiger partial charge in [-0.05, 0) is 51.1 Å². The van der Waals surface area contributed by atoms with Crippen molar-refractivity contribution >= 4 is 29.4 Å². The number of carbonyl (C=O) groups is 2. The van der Waals surface area contributed by atoms with E-state index in [1.807, 2.05) is 26.0 Å². The van der Waals surface area contributed by atoms with Crippen LogP contribution in [-0.2, 0) is 4.74 Å². The van der Waals surface area contributed by atoms with Crippen molar-refractivity contribution in [3.05, 3.63) is 64.2 Å². The quantitative estimate of drug-likeness (QED) is 0.615. The van der Waals surface area contributed by atoms with Gasteiger partial charge >= 0.3 is 5.97 Å². The Morgan fingerprint density at radius 3 is 2.30 bits per heavy atom. The number of nitrogens with zero attached hydrogens (tertiary/aromatic N) is 3. The number of hydrogen-bond donors (Lipinski definition) is 2. The monoisotopic (exact) mass is 405 g/mol. The third-order valence-corrected chi connectivity index (χ3v) is 4.20. The molecule has 0 saturated heterocycles. The molecule has 0 saturated carbocycles. The van der Waals surface area contributed by atoms with Crippen LogP contribution in [0.1, 0.15) is 43.4 Å². The van der Waals surface area contributed by atoms with Crippen molar-refractivity contribution in [2.24, 2.45) is 0 Å². The lowest BCUT2D eigenvalue weighted by Crippen LogP contribution is -2.12. The zero-order valence-corrected chi connectivity index (χ0v) is 16.9. The summed E-state index contributed by atoms with van der Waals surface area (Å²) in [4.78, 5) is 33.0. The van der Waals surface area contributed by atoms with E-state index in [4.69, 9.17) is 4.42 Å². The number of benzene rings is 1. The van der Waals surface area contributed by atoms with E-state index < -0.39 is 11.9 Å². The molecule has 0 unspecified atom stereocenters. The Morgan fingerprint density at radius 2 is 1.73 bits per heavy atom. The summed E-state index contributed by atoms with van der Waals surface area (Å²) in [5.41, 5.74) is 2.63. The highest BCUT2D eigenvalue weighted by Crippen LogP contribution is 2.27. The van der Waals surface area contributed by atoms with Gasteiger partial charge in [0.15, 0.2) is 0 Å². The Kier molecular flexibility index (Phi) is 5.78. The Balaban J connectivity index is 1.77. The van der Waals surface area contributed by atoms with Gasteiger partial charge in [-0.2, -0.15) is 5.26 Å². The standard InChI is InChI=1S/C21H19N5O4/c1-11-9-12(2)24-21(23-11)25-15-7-5-14(6-8-15)18(27)26-19-16(10-22)17(13(3)30-19)20(28)29-4/h5-9H,1-4H3,(H,26,27)(H,23,24,25). The highest BCUT2D eigenvalue weighted by atomic mass is 16.5. The minimum absolute atomic E-state index is 0.0108. The van der Waals surface area contributed by atoms with Crippen molar-refractivity contribution < 1.29 is 18.7 Å². The van der Waals surface area contributed by atoms with Crippen LogP contribution in [0.15, 0.2) is 34.7 Å². The van der Waals surface area contributed by atoms with Crippen LogP contribution in [0.3, 0.4) is 0 Å². The lowest BCUT2D eigenvalue weighted by atomic mass is 10.1. The maximum absolute atomic E-state index is 12.6.